The number of nitrogens with zero attached hydrogens (tertiary/aromatic N) is 4. The number of anilines is 2. The van der Waals surface area contributed by atoms with Gasteiger partial charge in [0.1, 0.15) is 10.9 Å². The highest BCUT2D eigenvalue weighted by Crippen LogP contribution is 2.36. The summed E-state index contributed by atoms with van der Waals surface area (Å²) in [6.45, 7) is 5.25. The average Bonchev–Trinajstić information content (AvgIpc) is 3.43. The lowest BCUT2D eigenvalue weighted by Gasteiger charge is -2.32. The zero-order valence-corrected chi connectivity index (χ0v) is 18.2. The van der Waals surface area contributed by atoms with Crippen molar-refractivity contribution < 1.29 is 4.79 Å². The fraction of sp³-hybridized carbons (Fsp3) is 0.261. The number of pyridine rings is 1. The molecule has 31 heavy (non-hydrogen) atoms. The maximum absolute atomic E-state index is 13.1. The molecule has 1 aliphatic rings. The van der Waals surface area contributed by atoms with Crippen molar-refractivity contribution in [2.24, 2.45) is 0 Å². The van der Waals surface area contributed by atoms with Gasteiger partial charge in [0, 0.05) is 60.5 Å². The van der Waals surface area contributed by atoms with Crippen molar-refractivity contribution in [3.05, 3.63) is 52.7 Å². The Hall–Kier alpha value is -3.41. The molecule has 1 aromatic carbocycles. The van der Waals surface area contributed by atoms with Gasteiger partial charge in [-0.2, -0.15) is 5.26 Å². The first-order valence-corrected chi connectivity index (χ1v) is 11.0. The number of likely N-dealkylation sites (N-methyl/N-ethyl adjacent to an activating group) is 1. The summed E-state index contributed by atoms with van der Waals surface area (Å²) in [5, 5.41) is 15.1. The quantitative estimate of drug-likeness (QED) is 0.511. The molecule has 156 valence electrons. The van der Waals surface area contributed by atoms with Gasteiger partial charge < -0.3 is 20.1 Å². The number of aryl methyl sites for hydroxylation is 1. The molecule has 1 aliphatic heterocycles. The second kappa shape index (κ2) is 7.69. The fourth-order valence-electron chi connectivity index (χ4n) is 4.03. The number of piperazine rings is 1. The molecule has 4 aromatic rings. The first-order chi connectivity index (χ1) is 15.0. The van der Waals surface area contributed by atoms with E-state index in [4.69, 9.17) is 0 Å². The van der Waals surface area contributed by atoms with E-state index in [2.05, 4.69) is 40.2 Å². The maximum Gasteiger partial charge on any atom is 0.264 e. The summed E-state index contributed by atoms with van der Waals surface area (Å²) in [5.74, 6) is 0.0329. The lowest BCUT2D eigenvalue weighted by Crippen LogP contribution is -2.46. The van der Waals surface area contributed by atoms with E-state index in [1.807, 2.05) is 35.4 Å². The molecule has 1 fully saturated rings. The number of hydrogen-bond donors (Lipinski definition) is 2. The van der Waals surface area contributed by atoms with Gasteiger partial charge in [-0.3, -0.25) is 4.79 Å². The Morgan fingerprint density at radius 2 is 2.03 bits per heavy atom. The number of H-pyrrole nitrogens is 1. The van der Waals surface area contributed by atoms with E-state index in [0.29, 0.717) is 16.1 Å². The molecule has 2 N–H and O–H groups in total. The molecule has 5 rings (SSSR count). The van der Waals surface area contributed by atoms with Crippen LogP contribution in [0.25, 0.3) is 21.1 Å². The van der Waals surface area contributed by atoms with Gasteiger partial charge in [-0.05, 0) is 43.8 Å². The van der Waals surface area contributed by atoms with Crippen molar-refractivity contribution >= 4 is 49.7 Å². The average molecular weight is 431 g/mol. The van der Waals surface area contributed by atoms with Crippen molar-refractivity contribution in [3.63, 3.8) is 0 Å². The molecular formula is C23H22N6OS. The lowest BCUT2D eigenvalue weighted by atomic mass is 10.1. The van der Waals surface area contributed by atoms with Gasteiger partial charge in [-0.15, -0.1) is 11.3 Å². The van der Waals surface area contributed by atoms with Crippen LogP contribution in [0.1, 0.15) is 20.8 Å². The van der Waals surface area contributed by atoms with Crippen LogP contribution < -0.4 is 5.32 Å². The van der Waals surface area contributed by atoms with Crippen LogP contribution in [0.4, 0.5) is 11.4 Å². The highest BCUT2D eigenvalue weighted by Gasteiger charge is 2.23. The van der Waals surface area contributed by atoms with E-state index in [0.717, 1.165) is 58.5 Å². The number of nitrogens with one attached hydrogen (secondary N) is 2. The van der Waals surface area contributed by atoms with Crippen LogP contribution in [0.2, 0.25) is 0 Å². The Morgan fingerprint density at radius 3 is 2.81 bits per heavy atom. The molecule has 0 radical (unpaired) electrons. The van der Waals surface area contributed by atoms with Gasteiger partial charge in [0.05, 0.1) is 16.1 Å². The maximum atomic E-state index is 13.1. The molecule has 0 spiro atoms. The number of nitriles is 1. The summed E-state index contributed by atoms with van der Waals surface area (Å²) in [6.07, 6.45) is 3.50. The Kier molecular flexibility index (Phi) is 4.85. The molecule has 4 heterocycles. The topological polar surface area (TPSA) is 88.0 Å². The second-order valence-corrected chi connectivity index (χ2v) is 8.92. The third kappa shape index (κ3) is 3.42. The molecule has 1 amide bonds. The van der Waals surface area contributed by atoms with E-state index in [1.54, 1.807) is 6.20 Å². The van der Waals surface area contributed by atoms with Gasteiger partial charge in [-0.25, -0.2) is 4.98 Å². The number of hydrogen-bond acceptors (Lipinski definition) is 6. The number of carbonyl (C=O) groups excluding carboxylic acids is 1. The zero-order valence-electron chi connectivity index (χ0n) is 17.4. The van der Waals surface area contributed by atoms with Crippen LogP contribution in [-0.2, 0) is 0 Å². The van der Waals surface area contributed by atoms with Crippen molar-refractivity contribution in [2.45, 2.75) is 6.92 Å². The number of thiophene rings is 1. The fourth-order valence-corrected chi connectivity index (χ4v) is 5.01. The van der Waals surface area contributed by atoms with E-state index < -0.39 is 0 Å². The molecule has 0 saturated carbocycles. The number of carbonyl (C=O) groups is 1. The van der Waals surface area contributed by atoms with Gasteiger partial charge in [0.25, 0.3) is 5.91 Å². The lowest BCUT2D eigenvalue weighted by molar-refractivity contribution is 0.0669. The summed E-state index contributed by atoms with van der Waals surface area (Å²) in [4.78, 5) is 26.3. The number of rotatable bonds is 3. The molecule has 0 bridgehead atoms. The number of amides is 1. The number of fused-ring (bicyclic) bond motifs is 2. The van der Waals surface area contributed by atoms with Crippen LogP contribution >= 0.6 is 11.3 Å². The second-order valence-electron chi connectivity index (χ2n) is 7.89. The predicted octanol–water partition coefficient (Wildman–Crippen LogP) is 4.09. The van der Waals surface area contributed by atoms with E-state index >= 15 is 0 Å². The SMILES string of the molecule is Cc1c(Nc2c(C#N)cnc3sc(C(=O)N4CCN(C)CC4)cc23)ccc2[nH]ccc12. The van der Waals surface area contributed by atoms with Gasteiger partial charge in [-0.1, -0.05) is 0 Å². The van der Waals surface area contributed by atoms with Crippen molar-refractivity contribution in [3.8, 4) is 6.07 Å². The zero-order chi connectivity index (χ0) is 21.5. The minimum absolute atomic E-state index is 0.0329. The minimum atomic E-state index is 0.0329. The van der Waals surface area contributed by atoms with Crippen LogP contribution in [-0.4, -0.2) is 58.9 Å². The first-order valence-electron chi connectivity index (χ1n) is 10.2. The number of aromatic amines is 1. The Labute approximate surface area is 183 Å². The highest BCUT2D eigenvalue weighted by atomic mass is 32.1. The van der Waals surface area contributed by atoms with Crippen molar-refractivity contribution in [1.29, 1.82) is 5.26 Å². The third-order valence-electron chi connectivity index (χ3n) is 5.95. The molecule has 0 unspecified atom stereocenters. The van der Waals surface area contributed by atoms with Crippen LogP contribution in [0.5, 0.6) is 0 Å². The summed E-state index contributed by atoms with van der Waals surface area (Å²) in [5.41, 5.74) is 4.24. The molecule has 0 aliphatic carbocycles. The number of aromatic nitrogens is 2. The Balaban J connectivity index is 1.54. The third-order valence-corrected chi connectivity index (χ3v) is 6.98. The molecular weight excluding hydrogens is 408 g/mol. The van der Waals surface area contributed by atoms with Crippen LogP contribution in [0.15, 0.2) is 36.7 Å². The monoisotopic (exact) mass is 430 g/mol. The smallest absolute Gasteiger partial charge is 0.264 e. The van der Waals surface area contributed by atoms with Gasteiger partial charge in [0.2, 0.25) is 0 Å². The van der Waals surface area contributed by atoms with Crippen molar-refractivity contribution in [2.75, 3.05) is 38.5 Å². The van der Waals surface area contributed by atoms with E-state index in [1.165, 1.54) is 11.3 Å². The molecule has 8 heteroatoms. The standard InChI is InChI=1S/C23H22N6OS/c1-14-16-5-6-25-19(16)4-3-18(14)27-21-15(12-24)13-26-22-17(21)11-20(31-22)23(30)29-9-7-28(2)8-10-29/h3-6,11,13,25H,7-10H2,1-2H3,(H,26,27). The first kappa shape index (κ1) is 19.5. The largest absolute Gasteiger partial charge is 0.361 e. The van der Waals surface area contributed by atoms with E-state index in [9.17, 15) is 10.1 Å². The Bertz CT molecular complexity index is 1340. The predicted molar refractivity (Wildman–Crippen MR) is 124 cm³/mol. The molecule has 1 saturated heterocycles. The summed E-state index contributed by atoms with van der Waals surface area (Å²) >= 11 is 1.38. The normalized spacial score (nSPS) is 14.8. The molecule has 7 nitrogen and oxygen atoms in total. The summed E-state index contributed by atoms with van der Waals surface area (Å²) in [6, 6.07) is 10.2. The van der Waals surface area contributed by atoms with Gasteiger partial charge in [0.15, 0.2) is 0 Å². The Morgan fingerprint density at radius 1 is 1.23 bits per heavy atom. The minimum Gasteiger partial charge on any atom is -0.361 e. The molecule has 0 atom stereocenters. The van der Waals surface area contributed by atoms with E-state index in [-0.39, 0.29) is 5.91 Å². The van der Waals surface area contributed by atoms with Gasteiger partial charge >= 0.3 is 0 Å². The highest BCUT2D eigenvalue weighted by molar-refractivity contribution is 7.20. The number of benzene rings is 1. The summed E-state index contributed by atoms with van der Waals surface area (Å²) < 4.78 is 0. The summed E-state index contributed by atoms with van der Waals surface area (Å²) in [7, 11) is 2.07. The van der Waals surface area contributed by atoms with Crippen LogP contribution in [0, 0.1) is 18.3 Å². The van der Waals surface area contributed by atoms with Crippen molar-refractivity contribution in [1.82, 2.24) is 19.8 Å². The van der Waals surface area contributed by atoms with Crippen LogP contribution in [0.3, 0.4) is 0 Å². The molecule has 3 aromatic heterocycles.